The summed E-state index contributed by atoms with van der Waals surface area (Å²) in [7, 11) is 0. The summed E-state index contributed by atoms with van der Waals surface area (Å²) in [5, 5.41) is 2.25. The van der Waals surface area contributed by atoms with Crippen LogP contribution in [-0.4, -0.2) is 35.3 Å². The molecule has 2 aromatic carbocycles. The number of aryl methyl sites for hydroxylation is 2. The lowest BCUT2D eigenvalue weighted by Crippen LogP contribution is -2.32. The Kier molecular flexibility index (Phi) is 6.59. The summed E-state index contributed by atoms with van der Waals surface area (Å²) in [5.74, 6) is -0.0740. The fourth-order valence-corrected chi connectivity index (χ4v) is 4.19. The third kappa shape index (κ3) is 4.79. The van der Waals surface area contributed by atoms with E-state index in [-0.39, 0.29) is 29.9 Å². The van der Waals surface area contributed by atoms with E-state index in [9.17, 15) is 14.4 Å². The van der Waals surface area contributed by atoms with Crippen LogP contribution in [0.5, 0.6) is 5.75 Å². The molecule has 0 saturated carbocycles. The number of amides is 3. The monoisotopic (exact) mass is 412 g/mol. The normalized spacial score (nSPS) is 16.2. The third-order valence-electron chi connectivity index (χ3n) is 4.58. The average molecular weight is 413 g/mol. The molecule has 3 amide bonds. The molecule has 0 bridgehead atoms. The summed E-state index contributed by atoms with van der Waals surface area (Å²) < 4.78 is 5.50. The molecular weight excluding hydrogens is 388 g/mol. The van der Waals surface area contributed by atoms with Gasteiger partial charge in [-0.3, -0.25) is 14.4 Å². The third-order valence-corrected chi connectivity index (χ3v) is 5.77. The SMILES string of the molecule is CCOc1ccccc1NC(=O)CSC1CC(=O)N(c2ccc(C)cc2C)C1=O. The molecule has 3 rings (SSSR count). The lowest BCUT2D eigenvalue weighted by atomic mass is 10.1. The molecule has 0 aromatic heterocycles. The number of nitrogens with one attached hydrogen (secondary N) is 1. The predicted octanol–water partition coefficient (Wildman–Crippen LogP) is 3.71. The fourth-order valence-electron chi connectivity index (χ4n) is 3.26. The van der Waals surface area contributed by atoms with Crippen molar-refractivity contribution >= 4 is 40.9 Å². The number of benzene rings is 2. The van der Waals surface area contributed by atoms with Crippen molar-refractivity contribution in [2.24, 2.45) is 0 Å². The number of nitrogens with zero attached hydrogens (tertiary/aromatic N) is 1. The van der Waals surface area contributed by atoms with Crippen molar-refractivity contribution in [2.45, 2.75) is 32.4 Å². The van der Waals surface area contributed by atoms with Gasteiger partial charge in [-0.1, -0.05) is 29.8 Å². The Morgan fingerprint density at radius 2 is 1.97 bits per heavy atom. The molecule has 152 valence electrons. The quantitative estimate of drug-likeness (QED) is 0.702. The minimum Gasteiger partial charge on any atom is -0.492 e. The van der Waals surface area contributed by atoms with Crippen LogP contribution in [0.3, 0.4) is 0 Å². The van der Waals surface area contributed by atoms with E-state index in [4.69, 9.17) is 4.74 Å². The van der Waals surface area contributed by atoms with Crippen molar-refractivity contribution in [3.05, 3.63) is 53.6 Å². The van der Waals surface area contributed by atoms with E-state index in [2.05, 4.69) is 5.32 Å². The topological polar surface area (TPSA) is 75.7 Å². The molecule has 29 heavy (non-hydrogen) atoms. The molecule has 0 aliphatic carbocycles. The van der Waals surface area contributed by atoms with Crippen LogP contribution in [0, 0.1) is 13.8 Å². The Hall–Kier alpha value is -2.80. The lowest BCUT2D eigenvalue weighted by Gasteiger charge is -2.18. The maximum atomic E-state index is 12.8. The first-order valence-corrected chi connectivity index (χ1v) is 10.5. The highest BCUT2D eigenvalue weighted by atomic mass is 32.2. The van der Waals surface area contributed by atoms with Crippen LogP contribution < -0.4 is 15.0 Å². The van der Waals surface area contributed by atoms with Crippen LogP contribution in [0.15, 0.2) is 42.5 Å². The average Bonchev–Trinajstić information content (AvgIpc) is 2.96. The second kappa shape index (κ2) is 9.13. The first-order chi connectivity index (χ1) is 13.9. The van der Waals surface area contributed by atoms with Gasteiger partial charge in [0.05, 0.1) is 29.0 Å². The predicted molar refractivity (Wildman–Crippen MR) is 116 cm³/mol. The summed E-state index contributed by atoms with van der Waals surface area (Å²) in [4.78, 5) is 38.9. The van der Waals surface area contributed by atoms with E-state index >= 15 is 0 Å². The van der Waals surface area contributed by atoms with Crippen LogP contribution in [-0.2, 0) is 14.4 Å². The van der Waals surface area contributed by atoms with Gasteiger partial charge in [0.1, 0.15) is 5.75 Å². The molecular formula is C22H24N2O4S. The smallest absolute Gasteiger partial charge is 0.247 e. The van der Waals surface area contributed by atoms with Crippen LogP contribution in [0.25, 0.3) is 0 Å². The molecule has 1 fully saturated rings. The molecule has 1 heterocycles. The first kappa shape index (κ1) is 20.9. The second-order valence-electron chi connectivity index (χ2n) is 6.84. The molecule has 1 atom stereocenters. The fraction of sp³-hybridized carbons (Fsp3) is 0.318. The van der Waals surface area contributed by atoms with E-state index in [1.54, 1.807) is 18.2 Å². The van der Waals surface area contributed by atoms with E-state index in [0.717, 1.165) is 11.1 Å². The molecule has 2 aromatic rings. The van der Waals surface area contributed by atoms with E-state index < -0.39 is 5.25 Å². The number of carbonyl (C=O) groups is 3. The van der Waals surface area contributed by atoms with Crippen LogP contribution in [0.2, 0.25) is 0 Å². The van der Waals surface area contributed by atoms with Crippen LogP contribution in [0.1, 0.15) is 24.5 Å². The Bertz CT molecular complexity index is 944. The van der Waals surface area contributed by atoms with Gasteiger partial charge in [0.25, 0.3) is 0 Å². The number of hydrogen-bond acceptors (Lipinski definition) is 5. The number of rotatable bonds is 7. The zero-order valence-corrected chi connectivity index (χ0v) is 17.5. The van der Waals surface area contributed by atoms with Gasteiger partial charge in [-0.15, -0.1) is 11.8 Å². The maximum Gasteiger partial charge on any atom is 0.247 e. The van der Waals surface area contributed by atoms with Crippen molar-refractivity contribution in [3.8, 4) is 5.75 Å². The number of anilines is 2. The Labute approximate surface area is 174 Å². The molecule has 1 aliphatic heterocycles. The highest BCUT2D eigenvalue weighted by Gasteiger charge is 2.40. The zero-order valence-electron chi connectivity index (χ0n) is 16.7. The van der Waals surface area contributed by atoms with Gasteiger partial charge in [0.2, 0.25) is 17.7 Å². The van der Waals surface area contributed by atoms with Gasteiger partial charge in [-0.25, -0.2) is 4.90 Å². The number of carbonyl (C=O) groups excluding carboxylic acids is 3. The number of para-hydroxylation sites is 2. The summed E-state index contributed by atoms with van der Waals surface area (Å²) >= 11 is 1.18. The summed E-state index contributed by atoms with van der Waals surface area (Å²) in [6.45, 7) is 6.21. The molecule has 1 N–H and O–H groups in total. The molecule has 1 aliphatic rings. The number of ether oxygens (including phenoxy) is 1. The van der Waals surface area contributed by atoms with Crippen molar-refractivity contribution in [2.75, 3.05) is 22.6 Å². The summed E-state index contributed by atoms with van der Waals surface area (Å²) in [6, 6.07) is 12.8. The number of imide groups is 1. The molecule has 1 unspecified atom stereocenters. The van der Waals surface area contributed by atoms with Gasteiger partial charge in [0, 0.05) is 6.42 Å². The van der Waals surface area contributed by atoms with Gasteiger partial charge in [-0.2, -0.15) is 0 Å². The molecule has 0 spiro atoms. The van der Waals surface area contributed by atoms with Gasteiger partial charge in [0.15, 0.2) is 0 Å². The van der Waals surface area contributed by atoms with E-state index in [1.807, 2.05) is 45.0 Å². The lowest BCUT2D eigenvalue weighted by molar-refractivity contribution is -0.121. The summed E-state index contributed by atoms with van der Waals surface area (Å²) in [5.41, 5.74) is 3.15. The zero-order chi connectivity index (χ0) is 21.0. The first-order valence-electron chi connectivity index (χ1n) is 9.48. The van der Waals surface area contributed by atoms with Crippen LogP contribution in [0.4, 0.5) is 11.4 Å². The van der Waals surface area contributed by atoms with Gasteiger partial charge >= 0.3 is 0 Å². The molecule has 0 radical (unpaired) electrons. The van der Waals surface area contributed by atoms with Crippen LogP contribution >= 0.6 is 11.8 Å². The van der Waals surface area contributed by atoms with Crippen molar-refractivity contribution < 1.29 is 19.1 Å². The highest BCUT2D eigenvalue weighted by molar-refractivity contribution is 8.01. The minimum atomic E-state index is -0.559. The standard InChI is InChI=1S/C22H24N2O4S/c1-4-28-18-8-6-5-7-16(18)23-20(25)13-29-19-12-21(26)24(22(19)27)17-10-9-14(2)11-15(17)3/h5-11,19H,4,12-13H2,1-3H3,(H,23,25). The van der Waals surface area contributed by atoms with Gasteiger partial charge < -0.3 is 10.1 Å². The van der Waals surface area contributed by atoms with E-state index in [1.165, 1.54) is 16.7 Å². The Morgan fingerprint density at radius 3 is 2.69 bits per heavy atom. The van der Waals surface area contributed by atoms with E-state index in [0.29, 0.717) is 23.7 Å². The molecule has 1 saturated heterocycles. The minimum absolute atomic E-state index is 0.0743. The molecule has 7 heteroatoms. The Morgan fingerprint density at radius 1 is 1.21 bits per heavy atom. The second-order valence-corrected chi connectivity index (χ2v) is 8.03. The van der Waals surface area contributed by atoms with Gasteiger partial charge in [-0.05, 0) is 44.5 Å². The largest absolute Gasteiger partial charge is 0.492 e. The number of thioether (sulfide) groups is 1. The number of hydrogen-bond donors (Lipinski definition) is 1. The van der Waals surface area contributed by atoms with Crippen molar-refractivity contribution in [1.29, 1.82) is 0 Å². The maximum absolute atomic E-state index is 12.8. The van der Waals surface area contributed by atoms with Crippen molar-refractivity contribution in [3.63, 3.8) is 0 Å². The Balaban J connectivity index is 1.62. The summed E-state index contributed by atoms with van der Waals surface area (Å²) in [6.07, 6.45) is 0.0969. The highest BCUT2D eigenvalue weighted by Crippen LogP contribution is 2.32. The van der Waals surface area contributed by atoms with Crippen molar-refractivity contribution in [1.82, 2.24) is 0 Å². The molecule has 6 nitrogen and oxygen atoms in total.